The van der Waals surface area contributed by atoms with Gasteiger partial charge in [-0.2, -0.15) is 0 Å². The summed E-state index contributed by atoms with van der Waals surface area (Å²) in [7, 11) is 1.00. The Morgan fingerprint density at radius 2 is 1.80 bits per heavy atom. The van der Waals surface area contributed by atoms with Crippen LogP contribution in [0.15, 0.2) is 0 Å². The van der Waals surface area contributed by atoms with Gasteiger partial charge in [-0.3, -0.25) is 0 Å². The zero-order valence-electron chi connectivity index (χ0n) is 12.3. The molecule has 5 aliphatic rings. The molecule has 1 saturated heterocycles. The first-order valence-corrected chi connectivity index (χ1v) is 7.85. The van der Waals surface area contributed by atoms with Crippen LogP contribution in [0, 0.1) is 34.5 Å². The van der Waals surface area contributed by atoms with E-state index in [0.717, 1.165) is 44.9 Å². The zero-order chi connectivity index (χ0) is 14.2. The molecule has 20 heavy (non-hydrogen) atoms. The maximum Gasteiger partial charge on any atom is 0.174 e. The molecular weight excluding hydrogens is 256 g/mol. The number of aldehydes is 1. The van der Waals surface area contributed by atoms with Gasteiger partial charge in [0.1, 0.15) is 6.29 Å². The number of carbonyl (C=O) groups excluding carboxylic acids is 1. The van der Waals surface area contributed by atoms with Crippen LogP contribution in [0.2, 0.25) is 0 Å². The third kappa shape index (κ3) is 1.05. The maximum atomic E-state index is 11.0. The van der Waals surface area contributed by atoms with Crippen molar-refractivity contribution in [2.24, 2.45) is 34.5 Å². The Kier molecular flexibility index (Phi) is 2.54. The van der Waals surface area contributed by atoms with Crippen molar-refractivity contribution in [2.75, 3.05) is 20.3 Å². The second-order valence-corrected chi connectivity index (χ2v) is 7.44. The van der Waals surface area contributed by atoms with Crippen LogP contribution >= 0.6 is 0 Å². The second-order valence-electron chi connectivity index (χ2n) is 7.44. The number of hydrogen-bond acceptors (Lipinski definition) is 4. The monoisotopic (exact) mass is 280 g/mol. The van der Waals surface area contributed by atoms with E-state index in [0.29, 0.717) is 22.7 Å². The molecule has 6 atom stereocenters. The third-order valence-corrected chi connectivity index (χ3v) is 7.45. The molecule has 4 nitrogen and oxygen atoms in total. The van der Waals surface area contributed by atoms with Gasteiger partial charge in [-0.25, -0.2) is 0 Å². The van der Waals surface area contributed by atoms with Gasteiger partial charge in [-0.05, 0) is 41.9 Å². The minimum absolute atomic E-state index is 0.199. The van der Waals surface area contributed by atoms with E-state index in [1.54, 1.807) is 0 Å². The van der Waals surface area contributed by atoms with E-state index in [2.05, 4.69) is 6.92 Å². The van der Waals surface area contributed by atoms with Crippen molar-refractivity contribution < 1.29 is 19.4 Å². The molecule has 2 bridgehead atoms. The fourth-order valence-electron chi connectivity index (χ4n) is 7.07. The molecular formula is C16H24O4. The molecule has 4 aliphatic carbocycles. The lowest BCUT2D eigenvalue weighted by atomic mass is 9.28. The summed E-state index contributed by atoms with van der Waals surface area (Å²) >= 11 is 0. The topological polar surface area (TPSA) is 55.8 Å². The van der Waals surface area contributed by atoms with Crippen LogP contribution in [0.4, 0.5) is 0 Å². The quantitative estimate of drug-likeness (QED) is 0.781. The first-order valence-electron chi connectivity index (χ1n) is 7.85. The first-order chi connectivity index (χ1) is 9.68. The smallest absolute Gasteiger partial charge is 0.174 e. The van der Waals surface area contributed by atoms with E-state index in [1.165, 1.54) is 19.3 Å². The molecule has 1 N–H and O–H groups in total. The third-order valence-electron chi connectivity index (χ3n) is 7.45. The molecule has 0 aromatic heterocycles. The van der Waals surface area contributed by atoms with Gasteiger partial charge >= 0.3 is 0 Å². The fourth-order valence-corrected chi connectivity index (χ4v) is 7.07. The summed E-state index contributed by atoms with van der Waals surface area (Å²) in [5.41, 5.74) is 0.806. The number of rotatable bonds is 2. The van der Waals surface area contributed by atoms with E-state index in [-0.39, 0.29) is 5.79 Å². The van der Waals surface area contributed by atoms with E-state index >= 15 is 0 Å². The highest BCUT2D eigenvalue weighted by Gasteiger charge is 2.88. The zero-order valence-corrected chi connectivity index (χ0v) is 12.3. The number of carbonyl (C=O) groups is 1. The molecule has 0 aromatic rings. The Bertz CT molecular complexity index is 444. The summed E-state index contributed by atoms with van der Waals surface area (Å²) in [5.74, 6) is 2.58. The van der Waals surface area contributed by atoms with Gasteiger partial charge < -0.3 is 19.4 Å². The molecule has 4 saturated carbocycles. The van der Waals surface area contributed by atoms with Gasteiger partial charge in [-0.15, -0.1) is 0 Å². The molecule has 112 valence electrons. The SMILES string of the molecule is CC1(CC=O)C2CC3CC24C1CC4C31OCCO1.CO. The Balaban J connectivity index is 0.000000509. The van der Waals surface area contributed by atoms with Crippen LogP contribution in [-0.2, 0) is 14.3 Å². The van der Waals surface area contributed by atoms with Crippen molar-refractivity contribution >= 4 is 6.29 Å². The molecule has 0 amide bonds. The Labute approximate surface area is 119 Å². The van der Waals surface area contributed by atoms with E-state index < -0.39 is 0 Å². The van der Waals surface area contributed by atoms with Gasteiger partial charge in [0.15, 0.2) is 5.79 Å². The Morgan fingerprint density at radius 1 is 1.15 bits per heavy atom. The lowest BCUT2D eigenvalue weighted by molar-refractivity contribution is -0.358. The van der Waals surface area contributed by atoms with Crippen LogP contribution in [0.25, 0.3) is 0 Å². The van der Waals surface area contributed by atoms with Crippen molar-refractivity contribution in [1.82, 2.24) is 0 Å². The van der Waals surface area contributed by atoms with Gasteiger partial charge in [0, 0.05) is 25.4 Å². The lowest BCUT2D eigenvalue weighted by Gasteiger charge is -2.77. The minimum atomic E-state index is -0.199. The Morgan fingerprint density at radius 3 is 2.45 bits per heavy atom. The summed E-state index contributed by atoms with van der Waals surface area (Å²) in [4.78, 5) is 11.0. The maximum absolute atomic E-state index is 11.0. The number of ether oxygens (including phenoxy) is 2. The normalized spacial score (nSPS) is 55.5. The van der Waals surface area contributed by atoms with Crippen molar-refractivity contribution in [3.05, 3.63) is 0 Å². The molecule has 5 fully saturated rings. The van der Waals surface area contributed by atoms with Crippen molar-refractivity contribution in [1.29, 1.82) is 0 Å². The van der Waals surface area contributed by atoms with Gasteiger partial charge in [0.25, 0.3) is 0 Å². The number of hydrogen-bond donors (Lipinski definition) is 1. The number of aliphatic hydroxyl groups excluding tert-OH is 1. The van der Waals surface area contributed by atoms with E-state index in [4.69, 9.17) is 14.6 Å². The number of aliphatic hydroxyl groups is 1. The fraction of sp³-hybridized carbons (Fsp3) is 0.938. The van der Waals surface area contributed by atoms with Gasteiger partial charge in [-0.1, -0.05) is 6.92 Å². The van der Waals surface area contributed by atoms with Crippen LogP contribution < -0.4 is 0 Å². The largest absolute Gasteiger partial charge is 0.400 e. The van der Waals surface area contributed by atoms with E-state index in [1.807, 2.05) is 0 Å². The van der Waals surface area contributed by atoms with Crippen LogP contribution in [0.3, 0.4) is 0 Å². The molecule has 4 heteroatoms. The predicted octanol–water partition coefficient (Wildman–Crippen LogP) is 1.61. The van der Waals surface area contributed by atoms with Crippen molar-refractivity contribution in [2.45, 2.75) is 38.4 Å². The van der Waals surface area contributed by atoms with Gasteiger partial charge in [0.2, 0.25) is 0 Å². The summed E-state index contributed by atoms with van der Waals surface area (Å²) in [6, 6.07) is 0. The Hall–Kier alpha value is -0.450. The summed E-state index contributed by atoms with van der Waals surface area (Å²) in [6.07, 6.45) is 5.68. The van der Waals surface area contributed by atoms with Crippen molar-refractivity contribution in [3.8, 4) is 0 Å². The molecule has 6 unspecified atom stereocenters. The average molecular weight is 280 g/mol. The molecule has 0 aromatic carbocycles. The second kappa shape index (κ2) is 3.84. The summed E-state index contributed by atoms with van der Waals surface area (Å²) < 4.78 is 12.1. The lowest BCUT2D eigenvalue weighted by Crippen LogP contribution is -2.75. The summed E-state index contributed by atoms with van der Waals surface area (Å²) in [6.45, 7) is 3.91. The highest BCUT2D eigenvalue weighted by Crippen LogP contribution is 2.89. The molecule has 5 rings (SSSR count). The molecule has 1 aliphatic heterocycles. The van der Waals surface area contributed by atoms with Crippen LogP contribution in [0.5, 0.6) is 0 Å². The molecule has 0 radical (unpaired) electrons. The highest BCUT2D eigenvalue weighted by atomic mass is 16.7. The van der Waals surface area contributed by atoms with E-state index in [9.17, 15) is 4.79 Å². The molecule has 2 spiro atoms. The average Bonchev–Trinajstić information content (AvgIpc) is 3.09. The standard InChI is InChI=1S/C15H20O3.CH4O/c1-13(2-3-16)10-6-9-8-14(10)11(13)7-12(14)15(9)17-4-5-18-15;1-2/h3,9-12H,2,4-8H2,1H3;2H,1H3. The van der Waals surface area contributed by atoms with Crippen LogP contribution in [-0.4, -0.2) is 37.5 Å². The predicted molar refractivity (Wildman–Crippen MR) is 71.8 cm³/mol. The van der Waals surface area contributed by atoms with Crippen LogP contribution in [0.1, 0.15) is 32.6 Å². The minimum Gasteiger partial charge on any atom is -0.400 e. The van der Waals surface area contributed by atoms with Gasteiger partial charge in [0.05, 0.1) is 13.2 Å². The first kappa shape index (κ1) is 13.2. The summed E-state index contributed by atoms with van der Waals surface area (Å²) in [5, 5.41) is 7.00. The number of fused-ring (bicyclic) bond motifs is 3. The highest BCUT2D eigenvalue weighted by molar-refractivity contribution is 5.53. The molecule has 1 heterocycles. The van der Waals surface area contributed by atoms with Crippen molar-refractivity contribution in [3.63, 3.8) is 0 Å².